The average molecular weight is 458 g/mol. The predicted octanol–water partition coefficient (Wildman–Crippen LogP) is 1.64. The first-order chi connectivity index (χ1) is 15.6. The third kappa shape index (κ3) is 4.17. The fourth-order valence-electron chi connectivity index (χ4n) is 4.69. The zero-order valence-corrected chi connectivity index (χ0v) is 19.0. The Bertz CT molecular complexity index is 1160. The molecule has 0 aliphatic carbocycles. The Kier molecular flexibility index (Phi) is 5.85. The van der Waals surface area contributed by atoms with E-state index < -0.39 is 17.2 Å². The number of aromatic hydroxyl groups is 1. The van der Waals surface area contributed by atoms with Gasteiger partial charge in [0, 0.05) is 40.3 Å². The van der Waals surface area contributed by atoms with Gasteiger partial charge in [0.25, 0.3) is 11.5 Å². The number of nitrogens with zero attached hydrogens (tertiary/aromatic N) is 4. The molecular formula is C23H28FN5O4. The molecule has 4 rings (SSSR count). The molecule has 2 amide bonds. The summed E-state index contributed by atoms with van der Waals surface area (Å²) in [6, 6.07) is 4.55. The number of anilines is 1. The summed E-state index contributed by atoms with van der Waals surface area (Å²) in [6.07, 6.45) is 2.08. The van der Waals surface area contributed by atoms with E-state index in [2.05, 4.69) is 9.97 Å². The molecule has 1 aromatic heterocycles. The molecule has 1 spiro atoms. The highest BCUT2D eigenvalue weighted by Gasteiger charge is 2.47. The number of likely N-dealkylation sites (tertiary alicyclic amines) is 1. The number of aryl methyl sites for hydroxylation is 1. The van der Waals surface area contributed by atoms with E-state index in [0.717, 1.165) is 13.0 Å². The van der Waals surface area contributed by atoms with Crippen LogP contribution in [-0.4, -0.2) is 70.4 Å². The van der Waals surface area contributed by atoms with Crippen LogP contribution < -0.4 is 10.5 Å². The third-order valence-corrected chi connectivity index (χ3v) is 6.82. The van der Waals surface area contributed by atoms with Crippen LogP contribution in [0.5, 0.6) is 5.75 Å². The summed E-state index contributed by atoms with van der Waals surface area (Å²) >= 11 is 0. The van der Waals surface area contributed by atoms with Crippen LogP contribution in [0.3, 0.4) is 0 Å². The lowest BCUT2D eigenvalue weighted by Gasteiger charge is -2.38. The van der Waals surface area contributed by atoms with E-state index in [9.17, 15) is 23.9 Å². The SMILES string of the molecule is Cc1cc(CN(C)C(=O)c2nc(N3CCC4(CCN(C)C4=O)CC3)[nH]c(=O)c2O)ccc1F. The molecule has 2 aliphatic rings. The quantitative estimate of drug-likeness (QED) is 0.723. The summed E-state index contributed by atoms with van der Waals surface area (Å²) in [5.41, 5.74) is -0.336. The lowest BCUT2D eigenvalue weighted by atomic mass is 9.77. The Morgan fingerprint density at radius 3 is 2.52 bits per heavy atom. The van der Waals surface area contributed by atoms with E-state index in [1.165, 1.54) is 18.0 Å². The Labute approximate surface area is 190 Å². The fraction of sp³-hybridized carbons (Fsp3) is 0.478. The highest BCUT2D eigenvalue weighted by molar-refractivity contribution is 5.94. The van der Waals surface area contributed by atoms with Gasteiger partial charge in [0.15, 0.2) is 5.69 Å². The summed E-state index contributed by atoms with van der Waals surface area (Å²) in [7, 11) is 3.33. The molecule has 176 valence electrons. The number of aromatic amines is 1. The van der Waals surface area contributed by atoms with Gasteiger partial charge in [-0.05, 0) is 43.4 Å². The Morgan fingerprint density at radius 2 is 1.91 bits per heavy atom. The molecule has 33 heavy (non-hydrogen) atoms. The lowest BCUT2D eigenvalue weighted by Crippen LogP contribution is -2.45. The second-order valence-corrected chi connectivity index (χ2v) is 9.08. The van der Waals surface area contributed by atoms with Gasteiger partial charge in [-0.25, -0.2) is 9.37 Å². The van der Waals surface area contributed by atoms with Crippen LogP contribution in [0.1, 0.15) is 40.9 Å². The van der Waals surface area contributed by atoms with Crippen molar-refractivity contribution in [1.29, 1.82) is 0 Å². The third-order valence-electron chi connectivity index (χ3n) is 6.82. The standard InChI is InChI=1S/C23H28FN5O4/c1-14-12-15(4-5-16(14)24)13-28(3)20(32)17-18(30)19(31)26-22(25-17)29-10-7-23(8-11-29)6-9-27(2)21(23)33/h4-5,12,30H,6-11,13H2,1-3H3,(H,25,26,31). The number of hydrogen-bond acceptors (Lipinski definition) is 6. The molecule has 3 heterocycles. The van der Waals surface area contributed by atoms with Gasteiger partial charge in [0.2, 0.25) is 17.6 Å². The fourth-order valence-corrected chi connectivity index (χ4v) is 4.69. The van der Waals surface area contributed by atoms with Gasteiger partial charge in [0.1, 0.15) is 5.82 Å². The molecule has 2 aromatic rings. The van der Waals surface area contributed by atoms with Crippen LogP contribution in [0, 0.1) is 18.2 Å². The number of halogens is 1. The van der Waals surface area contributed by atoms with Crippen molar-refractivity contribution in [2.45, 2.75) is 32.7 Å². The van der Waals surface area contributed by atoms with E-state index in [4.69, 9.17) is 0 Å². The molecule has 0 unspecified atom stereocenters. The maximum atomic E-state index is 13.5. The summed E-state index contributed by atoms with van der Waals surface area (Å²) in [4.78, 5) is 49.7. The number of benzene rings is 1. The summed E-state index contributed by atoms with van der Waals surface area (Å²) < 4.78 is 13.5. The van der Waals surface area contributed by atoms with E-state index in [0.29, 0.717) is 37.1 Å². The number of rotatable bonds is 4. The van der Waals surface area contributed by atoms with Crippen LogP contribution in [0.25, 0.3) is 0 Å². The Morgan fingerprint density at radius 1 is 1.24 bits per heavy atom. The van der Waals surface area contributed by atoms with Crippen LogP contribution in [0.15, 0.2) is 23.0 Å². The van der Waals surface area contributed by atoms with Crippen LogP contribution in [-0.2, 0) is 11.3 Å². The maximum absolute atomic E-state index is 13.5. The van der Waals surface area contributed by atoms with Crippen molar-refractivity contribution in [2.75, 3.05) is 38.6 Å². The molecule has 0 atom stereocenters. The van der Waals surface area contributed by atoms with Crippen molar-refractivity contribution >= 4 is 17.8 Å². The second kappa shape index (κ2) is 8.49. The zero-order chi connectivity index (χ0) is 23.9. The number of H-pyrrole nitrogens is 1. The van der Waals surface area contributed by atoms with Crippen molar-refractivity contribution < 1.29 is 19.1 Å². The highest BCUT2D eigenvalue weighted by Crippen LogP contribution is 2.41. The molecule has 2 aliphatic heterocycles. The van der Waals surface area contributed by atoms with Gasteiger partial charge in [0.05, 0.1) is 5.41 Å². The average Bonchev–Trinajstić information content (AvgIpc) is 3.06. The Balaban J connectivity index is 1.52. The minimum Gasteiger partial charge on any atom is -0.501 e. The highest BCUT2D eigenvalue weighted by atomic mass is 19.1. The molecule has 1 aromatic carbocycles. The molecule has 0 bridgehead atoms. The van der Waals surface area contributed by atoms with Crippen molar-refractivity contribution in [1.82, 2.24) is 19.8 Å². The minimum atomic E-state index is -0.800. The van der Waals surface area contributed by atoms with Crippen LogP contribution in [0.4, 0.5) is 10.3 Å². The number of nitrogens with one attached hydrogen (secondary N) is 1. The molecule has 9 nitrogen and oxygen atoms in total. The van der Waals surface area contributed by atoms with E-state index in [1.807, 2.05) is 11.9 Å². The second-order valence-electron chi connectivity index (χ2n) is 9.08. The van der Waals surface area contributed by atoms with E-state index in [1.54, 1.807) is 24.0 Å². The number of carbonyl (C=O) groups is 2. The monoisotopic (exact) mass is 457 g/mol. The summed E-state index contributed by atoms with van der Waals surface area (Å²) in [5.74, 6) is -1.35. The topological polar surface area (TPSA) is 110 Å². The number of amides is 2. The molecule has 2 N–H and O–H groups in total. The van der Waals surface area contributed by atoms with Crippen molar-refractivity contribution in [3.05, 3.63) is 51.2 Å². The van der Waals surface area contributed by atoms with Crippen molar-refractivity contribution in [3.63, 3.8) is 0 Å². The zero-order valence-electron chi connectivity index (χ0n) is 19.0. The van der Waals surface area contributed by atoms with Crippen LogP contribution in [0.2, 0.25) is 0 Å². The van der Waals surface area contributed by atoms with E-state index >= 15 is 0 Å². The Hall–Kier alpha value is -3.43. The van der Waals surface area contributed by atoms with Crippen molar-refractivity contribution in [2.24, 2.45) is 5.41 Å². The first-order valence-corrected chi connectivity index (χ1v) is 11.0. The smallest absolute Gasteiger partial charge is 0.295 e. The molecular weight excluding hydrogens is 429 g/mol. The van der Waals surface area contributed by atoms with Gasteiger partial charge in [-0.1, -0.05) is 12.1 Å². The molecule has 2 fully saturated rings. The van der Waals surface area contributed by atoms with Crippen LogP contribution >= 0.6 is 0 Å². The summed E-state index contributed by atoms with van der Waals surface area (Å²) in [5, 5.41) is 10.2. The van der Waals surface area contributed by atoms with Crippen molar-refractivity contribution in [3.8, 4) is 5.75 Å². The number of hydrogen-bond donors (Lipinski definition) is 2. The number of carbonyl (C=O) groups excluding carboxylic acids is 2. The molecule has 2 saturated heterocycles. The number of piperidine rings is 1. The van der Waals surface area contributed by atoms with Gasteiger partial charge >= 0.3 is 0 Å². The van der Waals surface area contributed by atoms with Gasteiger partial charge in [-0.15, -0.1) is 0 Å². The first kappa shape index (κ1) is 22.8. The number of aromatic nitrogens is 2. The molecule has 0 radical (unpaired) electrons. The van der Waals surface area contributed by atoms with Gasteiger partial charge in [-0.3, -0.25) is 19.4 Å². The van der Waals surface area contributed by atoms with Gasteiger partial charge < -0.3 is 19.8 Å². The molecule has 0 saturated carbocycles. The largest absolute Gasteiger partial charge is 0.501 e. The summed E-state index contributed by atoms with van der Waals surface area (Å²) in [6.45, 7) is 3.55. The first-order valence-electron chi connectivity index (χ1n) is 11.0. The minimum absolute atomic E-state index is 0.155. The van der Waals surface area contributed by atoms with E-state index in [-0.39, 0.29) is 35.3 Å². The van der Waals surface area contributed by atoms with Gasteiger partial charge in [-0.2, -0.15) is 0 Å². The normalized spacial score (nSPS) is 17.6. The maximum Gasteiger partial charge on any atom is 0.295 e. The predicted molar refractivity (Wildman–Crippen MR) is 120 cm³/mol. The molecule has 10 heteroatoms. The lowest BCUT2D eigenvalue weighted by molar-refractivity contribution is -0.135.